The van der Waals surface area contributed by atoms with Crippen LogP contribution in [0.5, 0.6) is 5.75 Å². The zero-order valence-corrected chi connectivity index (χ0v) is 13.4. The molecule has 0 aliphatic carbocycles. The zero-order chi connectivity index (χ0) is 15.9. The van der Waals surface area contributed by atoms with E-state index in [2.05, 4.69) is 30.8 Å². The molecule has 1 N–H and O–H groups in total. The van der Waals surface area contributed by atoms with Crippen molar-refractivity contribution in [2.75, 3.05) is 20.1 Å². The average molecular weight is 301 g/mol. The minimum atomic E-state index is 0.0169. The standard InChI is InChI=1S/C17H23N3O2/c1-11(2)16-18-15-10-13(21)4-5-14(15)17(22)20(16)12-6-8-19(3)9-7-12/h4-5,10-12,21H,6-9H2,1-3H3. The molecule has 0 amide bonds. The number of likely N-dealkylation sites (tertiary alicyclic amines) is 1. The van der Waals surface area contributed by atoms with Crippen LogP contribution in [0.4, 0.5) is 0 Å². The van der Waals surface area contributed by atoms with Gasteiger partial charge in [0.15, 0.2) is 0 Å². The monoisotopic (exact) mass is 301 g/mol. The first-order valence-electron chi connectivity index (χ1n) is 7.91. The molecule has 3 rings (SSSR count). The third-order valence-corrected chi connectivity index (χ3v) is 4.48. The lowest BCUT2D eigenvalue weighted by molar-refractivity contribution is 0.215. The Morgan fingerprint density at radius 2 is 1.95 bits per heavy atom. The lowest BCUT2D eigenvalue weighted by atomic mass is 10.0. The number of rotatable bonds is 2. The maximum atomic E-state index is 13.0. The zero-order valence-electron chi connectivity index (χ0n) is 13.4. The minimum Gasteiger partial charge on any atom is -0.508 e. The number of phenolic OH excluding ortho intramolecular Hbond substituents is 1. The van der Waals surface area contributed by atoms with E-state index in [1.54, 1.807) is 18.2 Å². The van der Waals surface area contributed by atoms with E-state index in [9.17, 15) is 9.90 Å². The summed E-state index contributed by atoms with van der Waals surface area (Å²) in [5, 5.41) is 10.2. The number of aromatic hydroxyl groups is 1. The SMILES string of the molecule is CC(C)c1nc2cc(O)ccc2c(=O)n1C1CCN(C)CC1. The molecule has 1 saturated heterocycles. The fourth-order valence-corrected chi connectivity index (χ4v) is 3.22. The summed E-state index contributed by atoms with van der Waals surface area (Å²) in [5.41, 5.74) is 0.598. The lowest BCUT2D eigenvalue weighted by Crippen LogP contribution is -2.37. The summed E-state index contributed by atoms with van der Waals surface area (Å²) >= 11 is 0. The van der Waals surface area contributed by atoms with E-state index in [1.165, 1.54) is 0 Å². The van der Waals surface area contributed by atoms with Crippen molar-refractivity contribution in [1.82, 2.24) is 14.5 Å². The highest BCUT2D eigenvalue weighted by molar-refractivity contribution is 5.79. The Hall–Kier alpha value is -1.88. The van der Waals surface area contributed by atoms with E-state index in [1.807, 2.05) is 4.57 Å². The molecule has 0 radical (unpaired) electrons. The number of fused-ring (bicyclic) bond motifs is 1. The third kappa shape index (κ3) is 2.61. The second-order valence-electron chi connectivity index (χ2n) is 6.54. The quantitative estimate of drug-likeness (QED) is 0.926. The van der Waals surface area contributed by atoms with Crippen LogP contribution in [-0.2, 0) is 0 Å². The van der Waals surface area contributed by atoms with Crippen LogP contribution in [0.15, 0.2) is 23.0 Å². The second kappa shape index (κ2) is 5.72. The molecular weight excluding hydrogens is 278 g/mol. The van der Waals surface area contributed by atoms with E-state index in [-0.39, 0.29) is 23.3 Å². The van der Waals surface area contributed by atoms with Gasteiger partial charge in [-0.25, -0.2) is 4.98 Å². The van der Waals surface area contributed by atoms with E-state index >= 15 is 0 Å². The van der Waals surface area contributed by atoms with E-state index in [4.69, 9.17) is 0 Å². The molecule has 0 atom stereocenters. The highest BCUT2D eigenvalue weighted by Gasteiger charge is 2.24. The van der Waals surface area contributed by atoms with Crippen LogP contribution in [0.1, 0.15) is 44.5 Å². The number of nitrogens with zero attached hydrogens (tertiary/aromatic N) is 3. The molecule has 1 fully saturated rings. The molecule has 0 saturated carbocycles. The van der Waals surface area contributed by atoms with Gasteiger partial charge in [-0.2, -0.15) is 0 Å². The Balaban J connectivity index is 2.19. The number of hydrogen-bond donors (Lipinski definition) is 1. The van der Waals surface area contributed by atoms with Crippen LogP contribution in [0.25, 0.3) is 10.9 Å². The highest BCUT2D eigenvalue weighted by Crippen LogP contribution is 2.26. The van der Waals surface area contributed by atoms with Crippen molar-refractivity contribution in [2.24, 2.45) is 0 Å². The van der Waals surface area contributed by atoms with Crippen LogP contribution in [0.2, 0.25) is 0 Å². The Bertz CT molecular complexity index is 743. The van der Waals surface area contributed by atoms with E-state index in [0.717, 1.165) is 31.8 Å². The minimum absolute atomic E-state index is 0.0169. The van der Waals surface area contributed by atoms with Crippen molar-refractivity contribution in [3.8, 4) is 5.75 Å². The van der Waals surface area contributed by atoms with Gasteiger partial charge in [0.25, 0.3) is 5.56 Å². The van der Waals surface area contributed by atoms with Crippen LogP contribution in [-0.4, -0.2) is 39.7 Å². The Morgan fingerprint density at radius 3 is 2.59 bits per heavy atom. The van der Waals surface area contributed by atoms with Gasteiger partial charge in [-0.05, 0) is 45.1 Å². The summed E-state index contributed by atoms with van der Waals surface area (Å²) in [5.74, 6) is 1.13. The molecule has 2 aromatic rings. The fraction of sp³-hybridized carbons (Fsp3) is 0.529. The number of phenols is 1. The van der Waals surface area contributed by atoms with Crippen LogP contribution in [0.3, 0.4) is 0 Å². The van der Waals surface area contributed by atoms with Gasteiger partial charge in [0, 0.05) is 18.0 Å². The van der Waals surface area contributed by atoms with Gasteiger partial charge in [-0.15, -0.1) is 0 Å². The lowest BCUT2D eigenvalue weighted by Gasteiger charge is -2.32. The van der Waals surface area contributed by atoms with Gasteiger partial charge in [-0.1, -0.05) is 13.8 Å². The summed E-state index contributed by atoms with van der Waals surface area (Å²) in [6.07, 6.45) is 1.95. The molecule has 118 valence electrons. The maximum absolute atomic E-state index is 13.0. The summed E-state index contributed by atoms with van der Waals surface area (Å²) in [7, 11) is 2.11. The van der Waals surface area contributed by atoms with Gasteiger partial charge in [0.2, 0.25) is 0 Å². The van der Waals surface area contributed by atoms with Crippen molar-refractivity contribution in [2.45, 2.75) is 38.6 Å². The van der Waals surface area contributed by atoms with Crippen molar-refractivity contribution < 1.29 is 5.11 Å². The molecule has 1 aromatic carbocycles. The first kappa shape index (κ1) is 15.0. The molecule has 1 aliphatic rings. The number of benzene rings is 1. The Morgan fingerprint density at radius 1 is 1.27 bits per heavy atom. The summed E-state index contributed by atoms with van der Waals surface area (Å²) in [6.45, 7) is 6.12. The van der Waals surface area contributed by atoms with Crippen molar-refractivity contribution >= 4 is 10.9 Å². The van der Waals surface area contributed by atoms with Gasteiger partial charge in [0.1, 0.15) is 11.6 Å². The molecule has 0 bridgehead atoms. The fourth-order valence-electron chi connectivity index (χ4n) is 3.22. The number of hydrogen-bond acceptors (Lipinski definition) is 4. The number of piperidine rings is 1. The molecule has 5 nitrogen and oxygen atoms in total. The van der Waals surface area contributed by atoms with E-state index in [0.29, 0.717) is 10.9 Å². The molecule has 1 aliphatic heterocycles. The first-order chi connectivity index (χ1) is 10.5. The van der Waals surface area contributed by atoms with Crippen LogP contribution >= 0.6 is 0 Å². The molecule has 0 spiro atoms. The van der Waals surface area contributed by atoms with Crippen molar-refractivity contribution in [3.63, 3.8) is 0 Å². The average Bonchev–Trinajstić information content (AvgIpc) is 2.48. The maximum Gasteiger partial charge on any atom is 0.261 e. The highest BCUT2D eigenvalue weighted by atomic mass is 16.3. The van der Waals surface area contributed by atoms with Gasteiger partial charge < -0.3 is 10.0 Å². The topological polar surface area (TPSA) is 58.4 Å². The Kier molecular flexibility index (Phi) is 3.91. The molecule has 0 unspecified atom stereocenters. The molecule has 1 aromatic heterocycles. The normalized spacial score (nSPS) is 17.5. The summed E-state index contributed by atoms with van der Waals surface area (Å²) < 4.78 is 1.90. The summed E-state index contributed by atoms with van der Waals surface area (Å²) in [6, 6.07) is 5.02. The molecule has 5 heteroatoms. The van der Waals surface area contributed by atoms with Crippen molar-refractivity contribution in [3.05, 3.63) is 34.4 Å². The van der Waals surface area contributed by atoms with Gasteiger partial charge >= 0.3 is 0 Å². The van der Waals surface area contributed by atoms with Gasteiger partial charge in [-0.3, -0.25) is 9.36 Å². The van der Waals surface area contributed by atoms with Gasteiger partial charge in [0.05, 0.1) is 10.9 Å². The molecular formula is C17H23N3O2. The second-order valence-corrected chi connectivity index (χ2v) is 6.54. The molecule has 22 heavy (non-hydrogen) atoms. The smallest absolute Gasteiger partial charge is 0.261 e. The third-order valence-electron chi connectivity index (χ3n) is 4.48. The van der Waals surface area contributed by atoms with Crippen LogP contribution in [0, 0.1) is 0 Å². The predicted molar refractivity (Wildman–Crippen MR) is 87.5 cm³/mol. The van der Waals surface area contributed by atoms with Crippen LogP contribution < -0.4 is 5.56 Å². The summed E-state index contributed by atoms with van der Waals surface area (Å²) in [4.78, 5) is 19.9. The molecule has 2 heterocycles. The van der Waals surface area contributed by atoms with E-state index < -0.39 is 0 Å². The predicted octanol–water partition coefficient (Wildman–Crippen LogP) is 2.49. The number of aromatic nitrogens is 2. The first-order valence-corrected chi connectivity index (χ1v) is 7.91. The largest absolute Gasteiger partial charge is 0.508 e. The Labute approximate surface area is 130 Å². The van der Waals surface area contributed by atoms with Crippen molar-refractivity contribution in [1.29, 1.82) is 0 Å².